The van der Waals surface area contributed by atoms with Crippen LogP contribution in [-0.2, 0) is 0 Å². The molecule has 1 aliphatic rings. The second-order valence-electron chi connectivity index (χ2n) is 3.76. The summed E-state index contributed by atoms with van der Waals surface area (Å²) < 4.78 is 11.1. The maximum atomic E-state index is 5.56. The fraction of sp³-hybridized carbons (Fsp3) is 0.429. The summed E-state index contributed by atoms with van der Waals surface area (Å²) in [6.45, 7) is 5.29. The predicted octanol–water partition coefficient (Wildman–Crippen LogP) is 2.97. The largest absolute Gasteiger partial charge is 0.486 e. The first-order valence-corrected chi connectivity index (χ1v) is 5.67. The average molecular weight is 216 g/mol. The summed E-state index contributed by atoms with van der Waals surface area (Å²) in [6, 6.07) is 6.10. The van der Waals surface area contributed by atoms with E-state index in [1.54, 1.807) is 0 Å². The number of hydrogen-bond acceptors (Lipinski definition) is 2. The molecule has 1 aromatic carbocycles. The molecule has 2 rings (SSSR count). The van der Waals surface area contributed by atoms with Gasteiger partial charge in [0.25, 0.3) is 0 Å². The molecule has 2 nitrogen and oxygen atoms in total. The van der Waals surface area contributed by atoms with Crippen LogP contribution in [0.2, 0.25) is 0 Å². The van der Waals surface area contributed by atoms with Crippen molar-refractivity contribution in [3.63, 3.8) is 0 Å². The van der Waals surface area contributed by atoms with Gasteiger partial charge < -0.3 is 9.47 Å². The maximum Gasteiger partial charge on any atom is 0.161 e. The van der Waals surface area contributed by atoms with Crippen LogP contribution in [0.4, 0.5) is 0 Å². The standard InChI is InChI=1S/C14H16O2/c1-3-5-11(4-2)12-6-7-13-14(10-12)16-9-8-15-13/h6-7,10-11H,4,8-9H2,1-2H3/t11-/m1/s1. The Bertz CT molecular complexity index is 426. The second-order valence-corrected chi connectivity index (χ2v) is 3.76. The summed E-state index contributed by atoms with van der Waals surface area (Å²) >= 11 is 0. The lowest BCUT2D eigenvalue weighted by molar-refractivity contribution is 0.171. The van der Waals surface area contributed by atoms with Gasteiger partial charge in [-0.3, -0.25) is 0 Å². The zero-order chi connectivity index (χ0) is 11.4. The zero-order valence-corrected chi connectivity index (χ0v) is 9.75. The van der Waals surface area contributed by atoms with E-state index in [4.69, 9.17) is 9.47 Å². The van der Waals surface area contributed by atoms with Crippen LogP contribution in [-0.4, -0.2) is 13.2 Å². The molecule has 0 bridgehead atoms. The van der Waals surface area contributed by atoms with E-state index in [9.17, 15) is 0 Å². The molecule has 0 unspecified atom stereocenters. The third kappa shape index (κ3) is 2.14. The lowest BCUT2D eigenvalue weighted by Gasteiger charge is -2.20. The Morgan fingerprint density at radius 2 is 2.00 bits per heavy atom. The fourth-order valence-electron chi connectivity index (χ4n) is 1.87. The van der Waals surface area contributed by atoms with Crippen LogP contribution < -0.4 is 9.47 Å². The van der Waals surface area contributed by atoms with Crippen LogP contribution in [0.15, 0.2) is 18.2 Å². The first-order chi connectivity index (χ1) is 7.85. The van der Waals surface area contributed by atoms with E-state index in [1.807, 2.05) is 19.1 Å². The molecule has 1 heterocycles. The summed E-state index contributed by atoms with van der Waals surface area (Å²) in [5.74, 6) is 8.17. The average Bonchev–Trinajstić information content (AvgIpc) is 2.35. The molecular weight excluding hydrogens is 200 g/mol. The monoisotopic (exact) mass is 216 g/mol. The predicted molar refractivity (Wildman–Crippen MR) is 63.9 cm³/mol. The molecular formula is C14H16O2. The number of fused-ring (bicyclic) bond motifs is 1. The highest BCUT2D eigenvalue weighted by molar-refractivity contribution is 5.46. The molecule has 0 aliphatic carbocycles. The smallest absolute Gasteiger partial charge is 0.161 e. The number of hydrogen-bond donors (Lipinski definition) is 0. The summed E-state index contributed by atoms with van der Waals surface area (Å²) in [5, 5.41) is 0. The molecule has 0 saturated heterocycles. The first-order valence-electron chi connectivity index (χ1n) is 5.67. The van der Waals surface area contributed by atoms with E-state index >= 15 is 0 Å². The van der Waals surface area contributed by atoms with E-state index in [0.29, 0.717) is 19.1 Å². The van der Waals surface area contributed by atoms with E-state index < -0.39 is 0 Å². The van der Waals surface area contributed by atoms with Crippen LogP contribution >= 0.6 is 0 Å². The Kier molecular flexibility index (Phi) is 3.36. The van der Waals surface area contributed by atoms with Crippen LogP contribution in [0.1, 0.15) is 31.7 Å². The minimum Gasteiger partial charge on any atom is -0.486 e. The van der Waals surface area contributed by atoms with Crippen LogP contribution in [0, 0.1) is 11.8 Å². The van der Waals surface area contributed by atoms with Crippen LogP contribution in [0.25, 0.3) is 0 Å². The van der Waals surface area contributed by atoms with Gasteiger partial charge in [0.1, 0.15) is 13.2 Å². The maximum absolute atomic E-state index is 5.56. The van der Waals surface area contributed by atoms with Crippen molar-refractivity contribution >= 4 is 0 Å². The zero-order valence-electron chi connectivity index (χ0n) is 9.75. The molecule has 84 valence electrons. The van der Waals surface area contributed by atoms with E-state index in [0.717, 1.165) is 17.9 Å². The van der Waals surface area contributed by atoms with Crippen molar-refractivity contribution in [2.24, 2.45) is 0 Å². The molecule has 1 aliphatic heterocycles. The van der Waals surface area contributed by atoms with Crippen LogP contribution in [0.3, 0.4) is 0 Å². The van der Waals surface area contributed by atoms with Gasteiger partial charge in [0.2, 0.25) is 0 Å². The Labute approximate surface area is 96.6 Å². The van der Waals surface area contributed by atoms with Gasteiger partial charge in [-0.15, -0.1) is 5.92 Å². The van der Waals surface area contributed by atoms with E-state index in [-0.39, 0.29) is 0 Å². The Hall–Kier alpha value is -1.62. The van der Waals surface area contributed by atoms with Gasteiger partial charge in [0.15, 0.2) is 11.5 Å². The van der Waals surface area contributed by atoms with Gasteiger partial charge in [-0.05, 0) is 31.0 Å². The van der Waals surface area contributed by atoms with Crippen molar-refractivity contribution in [1.29, 1.82) is 0 Å². The van der Waals surface area contributed by atoms with Crippen LogP contribution in [0.5, 0.6) is 11.5 Å². The molecule has 0 aromatic heterocycles. The molecule has 0 amide bonds. The van der Waals surface area contributed by atoms with Gasteiger partial charge in [-0.25, -0.2) is 0 Å². The molecule has 0 fully saturated rings. The number of ether oxygens (including phenoxy) is 2. The molecule has 2 heteroatoms. The van der Waals surface area contributed by atoms with Gasteiger partial charge in [-0.1, -0.05) is 18.9 Å². The normalized spacial score (nSPS) is 14.9. The quantitative estimate of drug-likeness (QED) is 0.707. The fourth-order valence-corrected chi connectivity index (χ4v) is 1.87. The molecule has 1 atom stereocenters. The highest BCUT2D eigenvalue weighted by atomic mass is 16.6. The van der Waals surface area contributed by atoms with E-state index in [1.165, 1.54) is 5.56 Å². The summed E-state index contributed by atoms with van der Waals surface area (Å²) in [5.41, 5.74) is 1.21. The Morgan fingerprint density at radius 3 is 2.69 bits per heavy atom. The van der Waals surface area contributed by atoms with Crippen molar-refractivity contribution in [2.45, 2.75) is 26.2 Å². The van der Waals surface area contributed by atoms with Gasteiger partial charge in [-0.2, -0.15) is 0 Å². The highest BCUT2D eigenvalue weighted by Gasteiger charge is 2.14. The topological polar surface area (TPSA) is 18.5 Å². The molecule has 0 radical (unpaired) electrons. The van der Waals surface area contributed by atoms with Crippen molar-refractivity contribution in [1.82, 2.24) is 0 Å². The Balaban J connectivity index is 2.30. The number of rotatable bonds is 2. The van der Waals surface area contributed by atoms with Gasteiger partial charge in [0.05, 0.1) is 0 Å². The molecule has 0 spiro atoms. The highest BCUT2D eigenvalue weighted by Crippen LogP contribution is 2.33. The molecule has 16 heavy (non-hydrogen) atoms. The minimum absolute atomic E-state index is 0.292. The third-order valence-electron chi connectivity index (χ3n) is 2.70. The lowest BCUT2D eigenvalue weighted by atomic mass is 9.96. The van der Waals surface area contributed by atoms with Crippen molar-refractivity contribution < 1.29 is 9.47 Å². The van der Waals surface area contributed by atoms with E-state index in [2.05, 4.69) is 24.8 Å². The SMILES string of the molecule is CC#C[C@@H](CC)c1ccc2c(c1)OCCO2. The van der Waals surface area contributed by atoms with Gasteiger partial charge >= 0.3 is 0 Å². The van der Waals surface area contributed by atoms with Crippen molar-refractivity contribution in [3.05, 3.63) is 23.8 Å². The second kappa shape index (κ2) is 4.94. The minimum atomic E-state index is 0.292. The third-order valence-corrected chi connectivity index (χ3v) is 2.70. The summed E-state index contributed by atoms with van der Waals surface area (Å²) in [4.78, 5) is 0. The summed E-state index contributed by atoms with van der Waals surface area (Å²) in [6.07, 6.45) is 1.01. The van der Waals surface area contributed by atoms with Crippen molar-refractivity contribution in [2.75, 3.05) is 13.2 Å². The van der Waals surface area contributed by atoms with Crippen molar-refractivity contribution in [3.8, 4) is 23.3 Å². The number of benzene rings is 1. The first kappa shape index (κ1) is 10.9. The lowest BCUT2D eigenvalue weighted by Crippen LogP contribution is -2.15. The van der Waals surface area contributed by atoms with Gasteiger partial charge in [0, 0.05) is 5.92 Å². The summed E-state index contributed by atoms with van der Waals surface area (Å²) in [7, 11) is 0. The Morgan fingerprint density at radius 1 is 1.25 bits per heavy atom. The molecule has 0 saturated carbocycles. The molecule has 0 N–H and O–H groups in total. The molecule has 1 aromatic rings.